The number of sulfonamides is 1. The standard InChI is InChI=1S/C17H17Cl2FN2O3S/c1-3-10(2)22-26(24,25)14-4-5-16(20)15(9-14)17(23)21-13-7-11(18)6-12(19)8-13/h4-10,22H,3H2,1-2H3,(H,21,23). The first-order valence-corrected chi connectivity index (χ1v) is 9.95. The molecule has 0 aliphatic rings. The highest BCUT2D eigenvalue weighted by molar-refractivity contribution is 7.89. The number of hydrogen-bond donors (Lipinski definition) is 2. The van der Waals surface area contributed by atoms with Crippen molar-refractivity contribution >= 4 is 44.8 Å². The van der Waals surface area contributed by atoms with E-state index in [1.165, 1.54) is 18.2 Å². The first-order valence-electron chi connectivity index (χ1n) is 7.71. The monoisotopic (exact) mass is 418 g/mol. The van der Waals surface area contributed by atoms with Crippen molar-refractivity contribution in [3.63, 3.8) is 0 Å². The second-order valence-corrected chi connectivity index (χ2v) is 8.27. The number of hydrogen-bond acceptors (Lipinski definition) is 3. The minimum Gasteiger partial charge on any atom is -0.322 e. The average Bonchev–Trinajstić information content (AvgIpc) is 2.53. The van der Waals surface area contributed by atoms with Crippen molar-refractivity contribution < 1.29 is 17.6 Å². The number of carbonyl (C=O) groups is 1. The lowest BCUT2D eigenvalue weighted by Gasteiger charge is -2.13. The highest BCUT2D eigenvalue weighted by Crippen LogP contribution is 2.24. The third kappa shape index (κ3) is 5.17. The van der Waals surface area contributed by atoms with Crippen LogP contribution in [0.25, 0.3) is 0 Å². The molecule has 2 aromatic carbocycles. The fraction of sp³-hybridized carbons (Fsp3) is 0.235. The number of nitrogens with one attached hydrogen (secondary N) is 2. The van der Waals surface area contributed by atoms with Crippen LogP contribution in [-0.2, 0) is 10.0 Å². The molecule has 26 heavy (non-hydrogen) atoms. The molecule has 1 amide bonds. The zero-order chi connectivity index (χ0) is 19.5. The Morgan fingerprint density at radius 3 is 2.35 bits per heavy atom. The molecule has 0 radical (unpaired) electrons. The van der Waals surface area contributed by atoms with Gasteiger partial charge in [0.25, 0.3) is 5.91 Å². The maximum absolute atomic E-state index is 14.1. The third-order valence-corrected chi connectivity index (χ3v) is 5.61. The number of rotatable bonds is 6. The molecule has 0 aliphatic carbocycles. The van der Waals surface area contributed by atoms with Gasteiger partial charge >= 0.3 is 0 Å². The highest BCUT2D eigenvalue weighted by Gasteiger charge is 2.21. The summed E-state index contributed by atoms with van der Waals surface area (Å²) in [5.74, 6) is -1.67. The summed E-state index contributed by atoms with van der Waals surface area (Å²) in [5.41, 5.74) is -0.147. The van der Waals surface area contributed by atoms with Crippen molar-refractivity contribution in [3.8, 4) is 0 Å². The summed E-state index contributed by atoms with van der Waals surface area (Å²) in [5, 5.41) is 3.04. The molecule has 2 aromatic rings. The molecule has 0 aromatic heterocycles. The van der Waals surface area contributed by atoms with E-state index in [1.807, 2.05) is 6.92 Å². The van der Waals surface area contributed by atoms with E-state index < -0.39 is 27.3 Å². The van der Waals surface area contributed by atoms with Crippen molar-refractivity contribution in [1.29, 1.82) is 0 Å². The first kappa shape index (κ1) is 20.6. The zero-order valence-corrected chi connectivity index (χ0v) is 16.3. The number of amides is 1. The van der Waals surface area contributed by atoms with Crippen LogP contribution in [0.5, 0.6) is 0 Å². The molecule has 2 N–H and O–H groups in total. The van der Waals surface area contributed by atoms with Crippen molar-refractivity contribution in [3.05, 3.63) is 57.8 Å². The van der Waals surface area contributed by atoms with Gasteiger partial charge in [-0.2, -0.15) is 0 Å². The van der Waals surface area contributed by atoms with E-state index in [2.05, 4.69) is 10.0 Å². The third-order valence-electron chi connectivity index (χ3n) is 3.58. The van der Waals surface area contributed by atoms with E-state index in [1.54, 1.807) is 6.92 Å². The Labute approximate surface area is 161 Å². The maximum Gasteiger partial charge on any atom is 0.258 e. The van der Waals surface area contributed by atoms with Gasteiger partial charge in [0.15, 0.2) is 0 Å². The lowest BCUT2D eigenvalue weighted by Crippen LogP contribution is -2.32. The number of halogens is 3. The van der Waals surface area contributed by atoms with E-state index >= 15 is 0 Å². The smallest absolute Gasteiger partial charge is 0.258 e. The summed E-state index contributed by atoms with van der Waals surface area (Å²) in [4.78, 5) is 12.2. The topological polar surface area (TPSA) is 75.3 Å². The Kier molecular flexibility index (Phi) is 6.63. The molecule has 0 heterocycles. The van der Waals surface area contributed by atoms with Gasteiger partial charge in [-0.05, 0) is 49.7 Å². The van der Waals surface area contributed by atoms with Gasteiger partial charge in [-0.1, -0.05) is 30.1 Å². The molecule has 0 bridgehead atoms. The van der Waals surface area contributed by atoms with Crippen molar-refractivity contribution in [1.82, 2.24) is 4.72 Å². The lowest BCUT2D eigenvalue weighted by molar-refractivity contribution is 0.102. The minimum atomic E-state index is -3.87. The molecular weight excluding hydrogens is 402 g/mol. The van der Waals surface area contributed by atoms with Gasteiger partial charge in [0, 0.05) is 21.8 Å². The van der Waals surface area contributed by atoms with Gasteiger partial charge in [0.05, 0.1) is 10.5 Å². The van der Waals surface area contributed by atoms with Crippen LogP contribution in [0.2, 0.25) is 10.0 Å². The van der Waals surface area contributed by atoms with Crippen LogP contribution in [0.3, 0.4) is 0 Å². The van der Waals surface area contributed by atoms with Crippen LogP contribution in [0, 0.1) is 5.82 Å². The molecular formula is C17H17Cl2FN2O3S. The molecule has 0 saturated carbocycles. The molecule has 0 spiro atoms. The van der Waals surface area contributed by atoms with Crippen molar-refractivity contribution in [2.75, 3.05) is 5.32 Å². The molecule has 5 nitrogen and oxygen atoms in total. The average molecular weight is 419 g/mol. The van der Waals surface area contributed by atoms with E-state index in [0.717, 1.165) is 18.2 Å². The van der Waals surface area contributed by atoms with Gasteiger partial charge in [-0.15, -0.1) is 0 Å². The number of anilines is 1. The fourth-order valence-corrected chi connectivity index (χ4v) is 3.96. The quantitative estimate of drug-likeness (QED) is 0.726. The molecule has 1 unspecified atom stereocenters. The van der Waals surface area contributed by atoms with Crippen LogP contribution in [-0.4, -0.2) is 20.4 Å². The molecule has 9 heteroatoms. The van der Waals surface area contributed by atoms with Gasteiger partial charge in [-0.25, -0.2) is 17.5 Å². The maximum atomic E-state index is 14.1. The van der Waals surface area contributed by atoms with E-state index in [9.17, 15) is 17.6 Å². The molecule has 140 valence electrons. The fourth-order valence-electron chi connectivity index (χ4n) is 2.09. The first-order chi connectivity index (χ1) is 12.1. The predicted molar refractivity (Wildman–Crippen MR) is 101 cm³/mol. The molecule has 0 saturated heterocycles. The van der Waals surface area contributed by atoms with Crippen LogP contribution in [0.1, 0.15) is 30.6 Å². The van der Waals surface area contributed by atoms with E-state index in [-0.39, 0.29) is 16.6 Å². The Balaban J connectivity index is 2.33. The molecule has 1 atom stereocenters. The summed E-state index contributed by atoms with van der Waals surface area (Å²) >= 11 is 11.7. The van der Waals surface area contributed by atoms with Crippen LogP contribution in [0.15, 0.2) is 41.3 Å². The SMILES string of the molecule is CCC(C)NS(=O)(=O)c1ccc(F)c(C(=O)Nc2cc(Cl)cc(Cl)c2)c1. The summed E-state index contributed by atoms with van der Waals surface area (Å²) in [6.45, 7) is 3.53. The minimum absolute atomic E-state index is 0.200. The van der Waals surface area contributed by atoms with Crippen LogP contribution < -0.4 is 10.0 Å². The molecule has 2 rings (SSSR count). The highest BCUT2D eigenvalue weighted by atomic mass is 35.5. The van der Waals surface area contributed by atoms with Gasteiger partial charge in [-0.3, -0.25) is 4.79 Å². The second kappa shape index (κ2) is 8.35. The van der Waals surface area contributed by atoms with Crippen molar-refractivity contribution in [2.24, 2.45) is 0 Å². The normalized spacial score (nSPS) is 12.7. The predicted octanol–water partition coefficient (Wildman–Crippen LogP) is 4.46. The van der Waals surface area contributed by atoms with Crippen LogP contribution in [0.4, 0.5) is 10.1 Å². The Bertz CT molecular complexity index is 915. The Morgan fingerprint density at radius 2 is 1.77 bits per heavy atom. The largest absolute Gasteiger partial charge is 0.322 e. The van der Waals surface area contributed by atoms with E-state index in [4.69, 9.17) is 23.2 Å². The van der Waals surface area contributed by atoms with Gasteiger partial charge in [0.1, 0.15) is 5.82 Å². The Morgan fingerprint density at radius 1 is 1.15 bits per heavy atom. The van der Waals surface area contributed by atoms with Crippen molar-refractivity contribution in [2.45, 2.75) is 31.2 Å². The van der Waals surface area contributed by atoms with Gasteiger partial charge in [0.2, 0.25) is 10.0 Å². The number of benzene rings is 2. The summed E-state index contributed by atoms with van der Waals surface area (Å²) in [6.07, 6.45) is 0.587. The summed E-state index contributed by atoms with van der Waals surface area (Å²) in [6, 6.07) is 7.09. The number of carbonyl (C=O) groups excluding carboxylic acids is 1. The lowest BCUT2D eigenvalue weighted by atomic mass is 10.2. The molecule has 0 aliphatic heterocycles. The van der Waals surface area contributed by atoms with Gasteiger partial charge < -0.3 is 5.32 Å². The summed E-state index contributed by atoms with van der Waals surface area (Å²) in [7, 11) is -3.87. The Hall–Kier alpha value is -1.67. The zero-order valence-electron chi connectivity index (χ0n) is 14.0. The van der Waals surface area contributed by atoms with E-state index in [0.29, 0.717) is 16.5 Å². The molecule has 0 fully saturated rings. The second-order valence-electron chi connectivity index (χ2n) is 5.68. The van der Waals surface area contributed by atoms with Crippen LogP contribution >= 0.6 is 23.2 Å². The summed E-state index contributed by atoms with van der Waals surface area (Å²) < 4.78 is 41.2.